The SMILES string of the molecule is Cc1cc(OCC(=O)Nc2cccc(Cl)c2)ncn1. The second-order valence-corrected chi connectivity index (χ2v) is 4.28. The number of aryl methyl sites for hydroxylation is 1. The molecule has 0 saturated carbocycles. The molecule has 0 unspecified atom stereocenters. The first-order valence-electron chi connectivity index (χ1n) is 5.60. The summed E-state index contributed by atoms with van der Waals surface area (Å²) >= 11 is 5.82. The largest absolute Gasteiger partial charge is 0.467 e. The molecule has 0 fully saturated rings. The first-order valence-corrected chi connectivity index (χ1v) is 5.98. The van der Waals surface area contributed by atoms with Gasteiger partial charge in [0.1, 0.15) is 6.33 Å². The summed E-state index contributed by atoms with van der Waals surface area (Å²) in [5.41, 5.74) is 1.40. The Labute approximate surface area is 115 Å². The molecule has 0 aliphatic carbocycles. The molecule has 19 heavy (non-hydrogen) atoms. The average molecular weight is 278 g/mol. The van der Waals surface area contributed by atoms with Crippen molar-refractivity contribution in [2.24, 2.45) is 0 Å². The molecule has 0 atom stereocenters. The molecule has 0 aliphatic heterocycles. The number of benzene rings is 1. The lowest BCUT2D eigenvalue weighted by molar-refractivity contribution is -0.118. The van der Waals surface area contributed by atoms with Gasteiger partial charge in [-0.3, -0.25) is 4.79 Å². The molecule has 0 spiro atoms. The highest BCUT2D eigenvalue weighted by molar-refractivity contribution is 6.30. The van der Waals surface area contributed by atoms with Crippen LogP contribution in [0.2, 0.25) is 5.02 Å². The Morgan fingerprint density at radius 1 is 1.37 bits per heavy atom. The van der Waals surface area contributed by atoms with E-state index in [4.69, 9.17) is 16.3 Å². The Balaban J connectivity index is 1.88. The van der Waals surface area contributed by atoms with E-state index < -0.39 is 0 Å². The van der Waals surface area contributed by atoms with Gasteiger partial charge < -0.3 is 10.1 Å². The molecule has 5 nitrogen and oxygen atoms in total. The summed E-state index contributed by atoms with van der Waals surface area (Å²) in [6, 6.07) is 8.56. The second-order valence-electron chi connectivity index (χ2n) is 3.84. The molecule has 1 aromatic carbocycles. The molecule has 0 radical (unpaired) electrons. The van der Waals surface area contributed by atoms with Crippen molar-refractivity contribution in [1.29, 1.82) is 0 Å². The highest BCUT2D eigenvalue weighted by Gasteiger charge is 2.05. The molecule has 1 aromatic heterocycles. The number of hydrogen-bond donors (Lipinski definition) is 1. The van der Waals surface area contributed by atoms with Gasteiger partial charge in [-0.05, 0) is 25.1 Å². The van der Waals surface area contributed by atoms with E-state index in [1.54, 1.807) is 30.3 Å². The van der Waals surface area contributed by atoms with Crippen LogP contribution in [0.5, 0.6) is 5.88 Å². The maximum absolute atomic E-state index is 11.7. The fourth-order valence-corrected chi connectivity index (χ4v) is 1.60. The lowest BCUT2D eigenvalue weighted by atomic mass is 10.3. The Bertz CT molecular complexity index is 590. The smallest absolute Gasteiger partial charge is 0.262 e. The van der Waals surface area contributed by atoms with E-state index >= 15 is 0 Å². The predicted octanol–water partition coefficient (Wildman–Crippen LogP) is 2.46. The van der Waals surface area contributed by atoms with Crippen LogP contribution in [0.15, 0.2) is 36.7 Å². The second kappa shape index (κ2) is 6.15. The van der Waals surface area contributed by atoms with Gasteiger partial charge in [0.25, 0.3) is 5.91 Å². The van der Waals surface area contributed by atoms with Gasteiger partial charge in [0.2, 0.25) is 5.88 Å². The van der Waals surface area contributed by atoms with Crippen LogP contribution < -0.4 is 10.1 Å². The molecule has 0 aliphatic rings. The minimum Gasteiger partial charge on any atom is -0.467 e. The fourth-order valence-electron chi connectivity index (χ4n) is 1.41. The minimum atomic E-state index is -0.279. The molecule has 1 heterocycles. The monoisotopic (exact) mass is 277 g/mol. The van der Waals surface area contributed by atoms with Crippen LogP contribution >= 0.6 is 11.6 Å². The summed E-state index contributed by atoms with van der Waals surface area (Å²) in [6.45, 7) is 1.70. The third kappa shape index (κ3) is 4.22. The van der Waals surface area contributed by atoms with E-state index in [0.717, 1.165) is 5.69 Å². The van der Waals surface area contributed by atoms with Crippen molar-refractivity contribution in [3.8, 4) is 5.88 Å². The van der Waals surface area contributed by atoms with Gasteiger partial charge in [-0.15, -0.1) is 0 Å². The maximum atomic E-state index is 11.7. The molecule has 2 aromatic rings. The van der Waals surface area contributed by atoms with Crippen LogP contribution in [-0.4, -0.2) is 22.5 Å². The molecule has 0 saturated heterocycles. The van der Waals surface area contributed by atoms with Crippen LogP contribution in [-0.2, 0) is 4.79 Å². The minimum absolute atomic E-state index is 0.122. The van der Waals surface area contributed by atoms with Crippen LogP contribution in [0.25, 0.3) is 0 Å². The molecule has 1 N–H and O–H groups in total. The van der Waals surface area contributed by atoms with E-state index in [0.29, 0.717) is 16.6 Å². The highest BCUT2D eigenvalue weighted by Crippen LogP contribution is 2.14. The lowest BCUT2D eigenvalue weighted by Crippen LogP contribution is -2.20. The average Bonchev–Trinajstić information content (AvgIpc) is 2.36. The Hall–Kier alpha value is -2.14. The number of halogens is 1. The molecular formula is C13H12ClN3O2. The molecular weight excluding hydrogens is 266 g/mol. The number of nitrogens with zero attached hydrogens (tertiary/aromatic N) is 2. The fraction of sp³-hybridized carbons (Fsp3) is 0.154. The quantitative estimate of drug-likeness (QED) is 0.932. The Kier molecular flexibility index (Phi) is 4.30. The van der Waals surface area contributed by atoms with Crippen molar-refractivity contribution in [2.45, 2.75) is 6.92 Å². The maximum Gasteiger partial charge on any atom is 0.262 e. The molecule has 6 heteroatoms. The number of aromatic nitrogens is 2. The van der Waals surface area contributed by atoms with Crippen LogP contribution in [0, 0.1) is 6.92 Å². The number of carbonyl (C=O) groups is 1. The van der Waals surface area contributed by atoms with E-state index in [1.807, 2.05) is 6.92 Å². The topological polar surface area (TPSA) is 64.1 Å². The summed E-state index contributed by atoms with van der Waals surface area (Å²) < 4.78 is 5.25. The summed E-state index contributed by atoms with van der Waals surface area (Å²) in [4.78, 5) is 19.5. The zero-order valence-corrected chi connectivity index (χ0v) is 11.0. The van der Waals surface area contributed by atoms with Crippen LogP contribution in [0.4, 0.5) is 5.69 Å². The zero-order chi connectivity index (χ0) is 13.7. The number of hydrogen-bond acceptors (Lipinski definition) is 4. The normalized spacial score (nSPS) is 10.0. The van der Waals surface area contributed by atoms with Crippen molar-refractivity contribution < 1.29 is 9.53 Å². The summed E-state index contributed by atoms with van der Waals surface area (Å²) in [5.74, 6) is 0.0901. The number of anilines is 1. The van der Waals surface area contributed by atoms with E-state index in [2.05, 4.69) is 15.3 Å². The van der Waals surface area contributed by atoms with Crippen molar-refractivity contribution in [1.82, 2.24) is 9.97 Å². The van der Waals surface area contributed by atoms with Crippen molar-refractivity contribution in [2.75, 3.05) is 11.9 Å². The zero-order valence-electron chi connectivity index (χ0n) is 10.3. The number of nitrogens with one attached hydrogen (secondary N) is 1. The molecule has 0 bridgehead atoms. The molecule has 98 valence electrons. The summed E-state index contributed by atoms with van der Waals surface area (Å²) in [7, 11) is 0. The van der Waals surface area contributed by atoms with Crippen molar-refractivity contribution in [3.05, 3.63) is 47.4 Å². The van der Waals surface area contributed by atoms with E-state index in [-0.39, 0.29) is 12.5 Å². The standard InChI is InChI=1S/C13H12ClN3O2/c1-9-5-13(16-8-15-9)19-7-12(18)17-11-4-2-3-10(14)6-11/h2-6,8H,7H2,1H3,(H,17,18). The van der Waals surface area contributed by atoms with Crippen molar-refractivity contribution in [3.63, 3.8) is 0 Å². The van der Waals surface area contributed by atoms with Gasteiger partial charge in [0, 0.05) is 22.5 Å². The number of amides is 1. The Morgan fingerprint density at radius 3 is 2.95 bits per heavy atom. The van der Waals surface area contributed by atoms with Gasteiger partial charge in [-0.2, -0.15) is 0 Å². The highest BCUT2D eigenvalue weighted by atomic mass is 35.5. The third-order valence-electron chi connectivity index (χ3n) is 2.24. The van der Waals surface area contributed by atoms with Gasteiger partial charge in [-0.1, -0.05) is 17.7 Å². The van der Waals surface area contributed by atoms with E-state index in [9.17, 15) is 4.79 Å². The van der Waals surface area contributed by atoms with Crippen molar-refractivity contribution >= 4 is 23.2 Å². The number of carbonyl (C=O) groups excluding carboxylic acids is 1. The Morgan fingerprint density at radius 2 is 2.21 bits per heavy atom. The van der Waals surface area contributed by atoms with E-state index in [1.165, 1.54) is 6.33 Å². The van der Waals surface area contributed by atoms with Crippen LogP contribution in [0.3, 0.4) is 0 Å². The van der Waals surface area contributed by atoms with Gasteiger partial charge in [-0.25, -0.2) is 9.97 Å². The third-order valence-corrected chi connectivity index (χ3v) is 2.47. The van der Waals surface area contributed by atoms with Gasteiger partial charge in [0.05, 0.1) is 0 Å². The van der Waals surface area contributed by atoms with Gasteiger partial charge in [0.15, 0.2) is 6.61 Å². The first-order chi connectivity index (χ1) is 9.13. The molecule has 2 rings (SSSR count). The lowest BCUT2D eigenvalue weighted by Gasteiger charge is -2.07. The number of ether oxygens (including phenoxy) is 1. The summed E-state index contributed by atoms with van der Waals surface area (Å²) in [6.07, 6.45) is 1.39. The molecule has 1 amide bonds. The first kappa shape index (κ1) is 13.3. The van der Waals surface area contributed by atoms with Crippen LogP contribution in [0.1, 0.15) is 5.69 Å². The number of rotatable bonds is 4. The van der Waals surface area contributed by atoms with Gasteiger partial charge >= 0.3 is 0 Å². The predicted molar refractivity (Wildman–Crippen MR) is 72.3 cm³/mol. The summed E-state index contributed by atoms with van der Waals surface area (Å²) in [5, 5.41) is 3.24.